The van der Waals surface area contributed by atoms with Gasteiger partial charge in [-0.05, 0) is 32.4 Å². The van der Waals surface area contributed by atoms with Crippen LogP contribution in [0.4, 0.5) is 0 Å². The largest absolute Gasteiger partial charge is 0.301 e. The van der Waals surface area contributed by atoms with E-state index in [9.17, 15) is 4.79 Å². The first-order valence-corrected chi connectivity index (χ1v) is 4.80. The molecule has 0 saturated carbocycles. The third-order valence-corrected chi connectivity index (χ3v) is 2.69. The number of rotatable bonds is 2. The summed E-state index contributed by atoms with van der Waals surface area (Å²) in [6, 6.07) is 0.315. The lowest BCUT2D eigenvalue weighted by molar-refractivity contribution is -0.119. The Morgan fingerprint density at radius 3 is 2.75 bits per heavy atom. The minimum Gasteiger partial charge on any atom is -0.301 e. The predicted molar refractivity (Wildman–Crippen MR) is 45.8 cm³/mol. The molecule has 0 N–H and O–H groups in total. The second-order valence-electron chi connectivity index (χ2n) is 3.72. The predicted octanol–water partition coefficient (Wildman–Crippen LogP) is 0.376. The summed E-state index contributed by atoms with van der Waals surface area (Å²) in [5, 5.41) is 4.07. The van der Waals surface area contributed by atoms with E-state index in [4.69, 9.17) is 0 Å². The smallest absolute Gasteiger partial charge is 0.241 e. The highest BCUT2D eigenvalue weighted by atomic mass is 16.1. The zero-order chi connectivity index (χ0) is 8.39. The molecule has 0 bridgehead atoms. The van der Waals surface area contributed by atoms with E-state index >= 15 is 0 Å². The van der Waals surface area contributed by atoms with Gasteiger partial charge in [0.15, 0.2) is 0 Å². The van der Waals surface area contributed by atoms with E-state index in [-0.39, 0.29) is 5.91 Å². The molecule has 0 aliphatic carbocycles. The normalized spacial score (nSPS) is 31.0. The summed E-state index contributed by atoms with van der Waals surface area (Å²) in [6.45, 7) is 3.44. The van der Waals surface area contributed by atoms with E-state index < -0.39 is 0 Å². The Bertz CT molecular complexity index is 175. The van der Waals surface area contributed by atoms with Crippen molar-refractivity contribution in [2.24, 2.45) is 0 Å². The van der Waals surface area contributed by atoms with Crippen LogP contribution < -0.4 is 5.32 Å². The number of carbonyl (C=O) groups is 1. The first-order chi connectivity index (χ1) is 5.84. The number of hydrogen-bond donors (Lipinski definition) is 0. The van der Waals surface area contributed by atoms with Crippen LogP contribution in [0.3, 0.4) is 0 Å². The van der Waals surface area contributed by atoms with Crippen LogP contribution in [0.1, 0.15) is 25.7 Å². The maximum atomic E-state index is 10.8. The molecule has 0 aromatic carbocycles. The van der Waals surface area contributed by atoms with Gasteiger partial charge in [-0.15, -0.1) is 0 Å². The molecule has 2 fully saturated rings. The molecule has 3 heteroatoms. The molecule has 1 radical (unpaired) electrons. The average Bonchev–Trinajstić information content (AvgIpc) is 2.63. The Morgan fingerprint density at radius 1 is 1.42 bits per heavy atom. The van der Waals surface area contributed by atoms with Crippen LogP contribution in [0.2, 0.25) is 0 Å². The van der Waals surface area contributed by atoms with Gasteiger partial charge in [-0.2, -0.15) is 0 Å². The van der Waals surface area contributed by atoms with Crippen molar-refractivity contribution in [3.05, 3.63) is 0 Å². The number of hydrogen-bond acceptors (Lipinski definition) is 2. The van der Waals surface area contributed by atoms with Gasteiger partial charge in [-0.25, -0.2) is 5.32 Å². The van der Waals surface area contributed by atoms with Gasteiger partial charge in [0.2, 0.25) is 5.91 Å². The summed E-state index contributed by atoms with van der Waals surface area (Å²) in [5.74, 6) is 0.110. The van der Waals surface area contributed by atoms with Gasteiger partial charge in [0.25, 0.3) is 0 Å². The van der Waals surface area contributed by atoms with Crippen molar-refractivity contribution < 1.29 is 4.79 Å². The van der Waals surface area contributed by atoms with E-state index in [2.05, 4.69) is 10.2 Å². The molecular weight excluding hydrogens is 152 g/mol. The molecule has 1 atom stereocenters. The highest BCUT2D eigenvalue weighted by Gasteiger charge is 2.25. The summed E-state index contributed by atoms with van der Waals surface area (Å²) >= 11 is 0. The van der Waals surface area contributed by atoms with Crippen molar-refractivity contribution in [1.82, 2.24) is 10.2 Å². The quantitative estimate of drug-likeness (QED) is 0.595. The van der Waals surface area contributed by atoms with Crippen LogP contribution in [0, 0.1) is 0 Å². The zero-order valence-electron chi connectivity index (χ0n) is 7.33. The molecule has 2 saturated heterocycles. The van der Waals surface area contributed by atoms with Gasteiger partial charge in [-0.3, -0.25) is 4.79 Å². The van der Waals surface area contributed by atoms with Gasteiger partial charge in [0, 0.05) is 13.0 Å². The topological polar surface area (TPSA) is 34.4 Å². The zero-order valence-corrected chi connectivity index (χ0v) is 7.33. The fourth-order valence-corrected chi connectivity index (χ4v) is 2.02. The number of nitrogens with zero attached hydrogens (tertiary/aromatic N) is 2. The van der Waals surface area contributed by atoms with Crippen LogP contribution >= 0.6 is 0 Å². The molecule has 2 aliphatic rings. The van der Waals surface area contributed by atoms with Crippen molar-refractivity contribution >= 4 is 5.91 Å². The van der Waals surface area contributed by atoms with Crippen LogP contribution in [0.5, 0.6) is 0 Å². The van der Waals surface area contributed by atoms with E-state index in [0.29, 0.717) is 12.5 Å². The lowest BCUT2D eigenvalue weighted by Crippen LogP contribution is -2.33. The Balaban J connectivity index is 1.75. The van der Waals surface area contributed by atoms with Crippen LogP contribution in [0.25, 0.3) is 0 Å². The van der Waals surface area contributed by atoms with Gasteiger partial charge < -0.3 is 4.90 Å². The molecule has 0 unspecified atom stereocenters. The van der Waals surface area contributed by atoms with Crippen molar-refractivity contribution in [2.75, 3.05) is 19.6 Å². The minimum absolute atomic E-state index is 0.110. The molecule has 2 aliphatic heterocycles. The van der Waals surface area contributed by atoms with Crippen molar-refractivity contribution in [3.8, 4) is 0 Å². The monoisotopic (exact) mass is 167 g/mol. The molecule has 67 valence electrons. The number of carbonyl (C=O) groups excluding carboxylic acids is 1. The first-order valence-electron chi connectivity index (χ1n) is 4.80. The van der Waals surface area contributed by atoms with Crippen LogP contribution in [-0.4, -0.2) is 36.5 Å². The van der Waals surface area contributed by atoms with E-state index in [1.54, 1.807) is 0 Å². The lowest BCUT2D eigenvalue weighted by atomic mass is 10.2. The maximum Gasteiger partial charge on any atom is 0.241 e. The lowest BCUT2D eigenvalue weighted by Gasteiger charge is -2.17. The highest BCUT2D eigenvalue weighted by molar-refractivity contribution is 5.78. The van der Waals surface area contributed by atoms with Crippen molar-refractivity contribution in [3.63, 3.8) is 0 Å². The Labute approximate surface area is 73.1 Å². The second-order valence-corrected chi connectivity index (χ2v) is 3.72. The second kappa shape index (κ2) is 3.44. The standard InChI is InChI=1S/C9H15N2O/c12-9-4-3-8(10-9)7-11-5-1-2-6-11/h8H,1-7H2/t8-/m0/s1. The van der Waals surface area contributed by atoms with Crippen molar-refractivity contribution in [2.45, 2.75) is 31.7 Å². The molecular formula is C9H15N2O. The summed E-state index contributed by atoms with van der Waals surface area (Å²) in [7, 11) is 0. The third-order valence-electron chi connectivity index (χ3n) is 2.69. The number of likely N-dealkylation sites (tertiary alicyclic amines) is 1. The first kappa shape index (κ1) is 8.05. The summed E-state index contributed by atoms with van der Waals surface area (Å²) in [4.78, 5) is 13.3. The molecule has 2 heterocycles. The van der Waals surface area contributed by atoms with Crippen molar-refractivity contribution in [1.29, 1.82) is 0 Å². The molecule has 12 heavy (non-hydrogen) atoms. The third kappa shape index (κ3) is 1.78. The molecule has 0 aromatic rings. The van der Waals surface area contributed by atoms with Gasteiger partial charge in [-0.1, -0.05) is 0 Å². The van der Waals surface area contributed by atoms with Gasteiger partial charge in [0.1, 0.15) is 0 Å². The fraction of sp³-hybridized carbons (Fsp3) is 0.889. The Hall–Kier alpha value is -0.570. The summed E-state index contributed by atoms with van der Waals surface area (Å²) in [6.07, 6.45) is 4.30. The van der Waals surface area contributed by atoms with Crippen LogP contribution in [0.15, 0.2) is 0 Å². The molecule has 3 nitrogen and oxygen atoms in total. The highest BCUT2D eigenvalue weighted by Crippen LogP contribution is 2.13. The molecule has 0 spiro atoms. The van der Waals surface area contributed by atoms with Crippen LogP contribution in [-0.2, 0) is 4.79 Å². The molecule has 2 rings (SSSR count). The van der Waals surface area contributed by atoms with Gasteiger partial charge >= 0.3 is 0 Å². The fourth-order valence-electron chi connectivity index (χ4n) is 2.02. The average molecular weight is 167 g/mol. The Morgan fingerprint density at radius 2 is 2.17 bits per heavy atom. The molecule has 0 aromatic heterocycles. The van der Waals surface area contributed by atoms with E-state index in [0.717, 1.165) is 13.0 Å². The number of amides is 1. The van der Waals surface area contributed by atoms with E-state index in [1.165, 1.54) is 25.9 Å². The summed E-state index contributed by atoms with van der Waals surface area (Å²) < 4.78 is 0. The van der Waals surface area contributed by atoms with E-state index in [1.807, 2.05) is 0 Å². The maximum absolute atomic E-state index is 10.8. The summed E-state index contributed by atoms with van der Waals surface area (Å²) in [5.41, 5.74) is 0. The molecule has 1 amide bonds. The minimum atomic E-state index is 0.110. The van der Waals surface area contributed by atoms with Gasteiger partial charge in [0.05, 0.1) is 6.04 Å². The SMILES string of the molecule is O=C1CC[C@@H](CN2CCCC2)[N]1. The Kier molecular flexibility index (Phi) is 2.30.